The molecular weight excluding hydrogens is 438 g/mol. The van der Waals surface area contributed by atoms with E-state index in [0.29, 0.717) is 34.6 Å². The van der Waals surface area contributed by atoms with Crippen LogP contribution in [0.3, 0.4) is 0 Å². The summed E-state index contributed by atoms with van der Waals surface area (Å²) in [6, 6.07) is 12.2. The van der Waals surface area contributed by atoms with Crippen LogP contribution in [-0.4, -0.2) is 41.8 Å². The van der Waals surface area contributed by atoms with Gasteiger partial charge in [0.1, 0.15) is 5.75 Å². The molecule has 2 aliphatic rings. The summed E-state index contributed by atoms with van der Waals surface area (Å²) in [6.07, 6.45) is 4.58. The Kier molecular flexibility index (Phi) is 4.83. The number of benzene rings is 2. The van der Waals surface area contributed by atoms with Gasteiger partial charge < -0.3 is 15.0 Å². The summed E-state index contributed by atoms with van der Waals surface area (Å²) in [5.74, 6) is 0.549. The van der Waals surface area contributed by atoms with Crippen LogP contribution in [0, 0.1) is 0 Å². The van der Waals surface area contributed by atoms with Gasteiger partial charge in [-0.05, 0) is 42.1 Å². The zero-order valence-corrected chi connectivity index (χ0v) is 17.6. The van der Waals surface area contributed by atoms with E-state index in [2.05, 4.69) is 19.7 Å². The fourth-order valence-electron chi connectivity index (χ4n) is 3.17. The first-order chi connectivity index (χ1) is 15.0. The molecule has 1 amide bonds. The van der Waals surface area contributed by atoms with Gasteiger partial charge in [0.15, 0.2) is 5.17 Å². The molecule has 0 spiro atoms. The van der Waals surface area contributed by atoms with Gasteiger partial charge in [-0.2, -0.15) is 0 Å². The van der Waals surface area contributed by atoms with Crippen molar-refractivity contribution >= 4 is 44.2 Å². The molecule has 0 bridgehead atoms. The highest BCUT2D eigenvalue weighted by atomic mass is 32.2. The number of amidine groups is 1. The number of carbonyl (C=O) groups excluding carboxylic acids is 1. The topological polar surface area (TPSA) is 114 Å². The summed E-state index contributed by atoms with van der Waals surface area (Å²) in [6.45, 7) is 0.352. The minimum atomic E-state index is -3.42. The van der Waals surface area contributed by atoms with Crippen molar-refractivity contribution in [1.82, 2.24) is 9.97 Å². The molecule has 31 heavy (non-hydrogen) atoms. The highest BCUT2D eigenvalue weighted by Gasteiger charge is 2.33. The Morgan fingerprint density at radius 1 is 1.16 bits per heavy atom. The molecule has 3 aromatic rings. The molecule has 3 heterocycles. The molecule has 2 aliphatic heterocycles. The number of nitrogens with zero attached hydrogens (tertiary/aromatic N) is 4. The zero-order chi connectivity index (χ0) is 21.4. The maximum atomic E-state index is 12.8. The minimum absolute atomic E-state index is 0.0221. The molecule has 0 saturated carbocycles. The van der Waals surface area contributed by atoms with E-state index in [1.54, 1.807) is 42.6 Å². The Balaban J connectivity index is 1.33. The van der Waals surface area contributed by atoms with E-state index in [0.717, 1.165) is 10.6 Å². The predicted molar refractivity (Wildman–Crippen MR) is 117 cm³/mol. The Labute approximate surface area is 182 Å². The third kappa shape index (κ3) is 4.09. The number of rotatable bonds is 4. The first kappa shape index (κ1) is 19.5. The average molecular weight is 454 g/mol. The molecule has 156 valence electrons. The Morgan fingerprint density at radius 2 is 2.06 bits per heavy atom. The second kappa shape index (κ2) is 7.67. The molecule has 1 aromatic heterocycles. The van der Waals surface area contributed by atoms with Gasteiger partial charge in [-0.3, -0.25) is 9.78 Å². The first-order valence-corrected chi connectivity index (χ1v) is 11.7. The lowest BCUT2D eigenvalue weighted by molar-refractivity contribution is 0.102. The fourth-order valence-corrected chi connectivity index (χ4v) is 5.47. The Morgan fingerprint density at radius 3 is 2.90 bits per heavy atom. The van der Waals surface area contributed by atoms with Crippen LogP contribution in [0.2, 0.25) is 0 Å². The second-order valence-electron chi connectivity index (χ2n) is 6.72. The lowest BCUT2D eigenvalue weighted by Gasteiger charge is -2.22. The van der Waals surface area contributed by atoms with E-state index in [-0.39, 0.29) is 11.7 Å². The molecule has 0 radical (unpaired) electrons. The maximum absolute atomic E-state index is 12.8. The van der Waals surface area contributed by atoms with Crippen LogP contribution in [0.15, 0.2) is 70.3 Å². The van der Waals surface area contributed by atoms with Crippen molar-refractivity contribution in [1.29, 1.82) is 0 Å². The largest absolute Gasteiger partial charge is 0.437 e. The molecular formula is C20H15N5O4S2. The van der Waals surface area contributed by atoms with E-state index < -0.39 is 10.0 Å². The van der Waals surface area contributed by atoms with Crippen LogP contribution in [0.4, 0.5) is 11.4 Å². The monoisotopic (exact) mass is 453 g/mol. The van der Waals surface area contributed by atoms with Crippen molar-refractivity contribution in [2.45, 2.75) is 4.90 Å². The quantitative estimate of drug-likeness (QED) is 0.641. The van der Waals surface area contributed by atoms with Gasteiger partial charge >= 0.3 is 0 Å². The van der Waals surface area contributed by atoms with Crippen LogP contribution < -0.4 is 15.0 Å². The molecule has 0 atom stereocenters. The fraction of sp³-hybridized carbons (Fsp3) is 0.100. The van der Waals surface area contributed by atoms with Crippen molar-refractivity contribution in [2.24, 2.45) is 4.40 Å². The summed E-state index contributed by atoms with van der Waals surface area (Å²) in [7, 11) is -3.42. The maximum Gasteiger partial charge on any atom is 0.257 e. The third-order valence-corrected chi connectivity index (χ3v) is 6.90. The van der Waals surface area contributed by atoms with Crippen molar-refractivity contribution in [3.8, 4) is 11.6 Å². The highest BCUT2D eigenvalue weighted by molar-refractivity contribution is 8.15. The first-order valence-electron chi connectivity index (χ1n) is 9.24. The van der Waals surface area contributed by atoms with Gasteiger partial charge in [-0.15, -0.1) is 4.40 Å². The third-order valence-electron chi connectivity index (χ3n) is 4.59. The lowest BCUT2D eigenvalue weighted by atomic mass is 10.1. The average Bonchev–Trinajstić information content (AvgIpc) is 3.10. The predicted octanol–water partition coefficient (Wildman–Crippen LogP) is 3.13. The standard InChI is InChI=1S/C20H15N5O4S2/c26-19(23-14-2-1-3-15(11-14)29-18-12-21-6-7-22-18)13-4-5-16-17(10-13)30-20-24-31(27,28)9-8-25(16)20/h1-7,10-12H,8-9H2,(H,23,26). The van der Waals surface area contributed by atoms with Gasteiger partial charge in [0.25, 0.3) is 15.9 Å². The van der Waals surface area contributed by atoms with Gasteiger partial charge in [0, 0.05) is 41.2 Å². The number of thioether (sulfide) groups is 1. The SMILES string of the molecule is O=C(Nc1cccc(Oc2cnccn2)c1)c1ccc2c(c1)SC1=NS(=O)(=O)CCN12. The van der Waals surface area contributed by atoms with E-state index in [9.17, 15) is 13.2 Å². The number of anilines is 2. The van der Waals surface area contributed by atoms with Crippen molar-refractivity contribution in [2.75, 3.05) is 22.5 Å². The molecule has 0 aliphatic carbocycles. The van der Waals surface area contributed by atoms with Gasteiger partial charge in [-0.25, -0.2) is 13.4 Å². The van der Waals surface area contributed by atoms with E-state index in [4.69, 9.17) is 4.74 Å². The summed E-state index contributed by atoms with van der Waals surface area (Å²) in [5.41, 5.74) is 1.87. The van der Waals surface area contributed by atoms with Crippen LogP contribution in [0.5, 0.6) is 11.6 Å². The summed E-state index contributed by atoms with van der Waals surface area (Å²) in [5, 5.41) is 3.27. The van der Waals surface area contributed by atoms with Gasteiger partial charge in [0.05, 0.1) is 17.6 Å². The number of aromatic nitrogens is 2. The van der Waals surface area contributed by atoms with Crippen molar-refractivity contribution in [3.63, 3.8) is 0 Å². The summed E-state index contributed by atoms with van der Waals surface area (Å²) in [4.78, 5) is 23.4. The van der Waals surface area contributed by atoms with Gasteiger partial charge in [0.2, 0.25) is 5.88 Å². The molecule has 5 rings (SSSR count). The van der Waals surface area contributed by atoms with Crippen LogP contribution in [0.25, 0.3) is 0 Å². The molecule has 0 fully saturated rings. The second-order valence-corrected chi connectivity index (χ2v) is 9.49. The van der Waals surface area contributed by atoms with Crippen molar-refractivity contribution in [3.05, 3.63) is 66.6 Å². The Bertz CT molecular complexity index is 1310. The highest BCUT2D eigenvalue weighted by Crippen LogP contribution is 2.42. The number of carbonyl (C=O) groups is 1. The number of fused-ring (bicyclic) bond motifs is 3. The number of ether oxygens (including phenoxy) is 1. The van der Waals surface area contributed by atoms with Crippen LogP contribution in [0.1, 0.15) is 10.4 Å². The number of hydrogen-bond donors (Lipinski definition) is 1. The molecule has 0 unspecified atom stereocenters. The van der Waals surface area contributed by atoms with Gasteiger partial charge in [-0.1, -0.05) is 6.07 Å². The number of amides is 1. The van der Waals surface area contributed by atoms with Crippen LogP contribution in [-0.2, 0) is 10.0 Å². The van der Waals surface area contributed by atoms with Crippen molar-refractivity contribution < 1.29 is 17.9 Å². The number of hydrogen-bond acceptors (Lipinski definition) is 8. The lowest BCUT2D eigenvalue weighted by Crippen LogP contribution is -2.35. The molecule has 1 N–H and O–H groups in total. The minimum Gasteiger partial charge on any atom is -0.437 e. The molecule has 9 nitrogen and oxygen atoms in total. The number of nitrogens with one attached hydrogen (secondary N) is 1. The number of sulfonamides is 1. The van der Waals surface area contributed by atoms with Crippen LogP contribution >= 0.6 is 11.8 Å². The normalized spacial score (nSPS) is 16.1. The molecule has 11 heteroatoms. The summed E-state index contributed by atoms with van der Waals surface area (Å²) >= 11 is 1.25. The summed E-state index contributed by atoms with van der Waals surface area (Å²) < 4.78 is 33.0. The molecule has 0 saturated heterocycles. The van der Waals surface area contributed by atoms with E-state index in [1.807, 2.05) is 11.0 Å². The smallest absolute Gasteiger partial charge is 0.257 e. The van der Waals surface area contributed by atoms with E-state index >= 15 is 0 Å². The zero-order valence-electron chi connectivity index (χ0n) is 15.9. The Hall–Kier alpha value is -3.44. The van der Waals surface area contributed by atoms with E-state index in [1.165, 1.54) is 24.2 Å². The molecule has 2 aromatic carbocycles.